The number of carbonyl (C=O) groups is 2. The number of hydrogen-bond acceptors (Lipinski definition) is 4. The van der Waals surface area contributed by atoms with Crippen molar-refractivity contribution in [2.45, 2.75) is 25.7 Å². The van der Waals surface area contributed by atoms with Crippen LogP contribution in [0.3, 0.4) is 0 Å². The highest BCUT2D eigenvalue weighted by molar-refractivity contribution is 5.93. The monoisotopic (exact) mass is 329 g/mol. The molecule has 0 spiro atoms. The number of hydrogen-bond donors (Lipinski definition) is 1. The van der Waals surface area contributed by atoms with Crippen molar-refractivity contribution >= 4 is 22.7 Å². The molecule has 24 heavy (non-hydrogen) atoms. The quantitative estimate of drug-likeness (QED) is 0.595. The normalized spacial score (nSPS) is 11.0. The molecule has 0 unspecified atom stereocenters. The Bertz CT molecular complexity index is 719. The summed E-state index contributed by atoms with van der Waals surface area (Å²) in [6, 6.07) is 11.7. The molecule has 5 nitrogen and oxygen atoms in total. The third kappa shape index (κ3) is 5.06. The molecule has 2 rings (SSSR count). The van der Waals surface area contributed by atoms with Crippen LogP contribution in [0.15, 0.2) is 36.4 Å². The van der Waals surface area contributed by atoms with Gasteiger partial charge < -0.3 is 14.7 Å². The Labute approximate surface area is 141 Å². The minimum Gasteiger partial charge on any atom is -0.481 e. The molecule has 0 radical (unpaired) electrons. The van der Waals surface area contributed by atoms with Crippen LogP contribution in [0, 0.1) is 0 Å². The summed E-state index contributed by atoms with van der Waals surface area (Å²) in [5.41, 5.74) is 1.13. The molecule has 0 saturated carbocycles. The number of esters is 1. The van der Waals surface area contributed by atoms with Crippen molar-refractivity contribution in [3.63, 3.8) is 0 Å². The largest absolute Gasteiger partial charge is 0.481 e. The van der Waals surface area contributed by atoms with E-state index in [1.54, 1.807) is 6.07 Å². The van der Waals surface area contributed by atoms with Crippen molar-refractivity contribution in [2.24, 2.45) is 0 Å². The van der Waals surface area contributed by atoms with Gasteiger partial charge in [0.05, 0.1) is 0 Å². The molecule has 0 fully saturated rings. The Balaban J connectivity index is 2.19. The van der Waals surface area contributed by atoms with Crippen LogP contribution in [0.5, 0.6) is 5.75 Å². The molecule has 0 amide bonds. The minimum absolute atomic E-state index is 0.0290. The molecule has 0 aliphatic heterocycles. The van der Waals surface area contributed by atoms with E-state index in [9.17, 15) is 9.59 Å². The lowest BCUT2D eigenvalue weighted by Gasteiger charge is -2.14. The van der Waals surface area contributed by atoms with Gasteiger partial charge in [0.1, 0.15) is 5.75 Å². The summed E-state index contributed by atoms with van der Waals surface area (Å²) in [7, 11) is 4.04. The number of ether oxygens (including phenoxy) is 1. The summed E-state index contributed by atoms with van der Waals surface area (Å²) >= 11 is 0. The fraction of sp³-hybridized carbons (Fsp3) is 0.368. The number of carboxylic acid groups (broad SMARTS) is 1. The lowest BCUT2D eigenvalue weighted by molar-refractivity contribution is -0.137. The molecule has 5 heteroatoms. The predicted octanol–water partition coefficient (Wildman–Crippen LogP) is 3.10. The van der Waals surface area contributed by atoms with Gasteiger partial charge in [-0.25, -0.2) is 0 Å². The van der Waals surface area contributed by atoms with E-state index in [0.717, 1.165) is 29.3 Å². The highest BCUT2D eigenvalue weighted by Gasteiger charge is 2.12. The first-order chi connectivity index (χ1) is 11.5. The van der Waals surface area contributed by atoms with E-state index in [1.807, 2.05) is 44.4 Å². The molecule has 0 aliphatic carbocycles. The summed E-state index contributed by atoms with van der Waals surface area (Å²) in [4.78, 5) is 24.6. The maximum absolute atomic E-state index is 12.0. The van der Waals surface area contributed by atoms with Gasteiger partial charge in [0, 0.05) is 24.8 Å². The first-order valence-corrected chi connectivity index (χ1v) is 8.05. The lowest BCUT2D eigenvalue weighted by atomic mass is 10.0. The van der Waals surface area contributed by atoms with Crippen LogP contribution < -0.4 is 4.74 Å². The van der Waals surface area contributed by atoms with Crippen LogP contribution in [-0.2, 0) is 16.0 Å². The van der Waals surface area contributed by atoms with Crippen LogP contribution in [-0.4, -0.2) is 42.6 Å². The standard InChI is InChI=1S/C19H23NO4/c1-20(2)13-12-15-7-3-6-14-8-4-9-16(19(14)15)24-18(23)11-5-10-17(21)22/h3-4,6-9H,5,10-13H2,1-2H3,(H,21,22). The molecular formula is C19H23NO4. The van der Waals surface area contributed by atoms with Gasteiger partial charge in [0.15, 0.2) is 0 Å². The number of benzene rings is 2. The van der Waals surface area contributed by atoms with Gasteiger partial charge in [0.2, 0.25) is 0 Å². The van der Waals surface area contributed by atoms with Crippen LogP contribution in [0.2, 0.25) is 0 Å². The van der Waals surface area contributed by atoms with Gasteiger partial charge in [-0.2, -0.15) is 0 Å². The van der Waals surface area contributed by atoms with Crippen LogP contribution >= 0.6 is 0 Å². The molecule has 0 heterocycles. The SMILES string of the molecule is CN(C)CCc1cccc2cccc(OC(=O)CCCC(=O)O)c12. The van der Waals surface area contributed by atoms with Gasteiger partial charge in [-0.3, -0.25) is 9.59 Å². The molecule has 0 aliphatic rings. The summed E-state index contributed by atoms with van der Waals surface area (Å²) in [5.74, 6) is -0.757. The van der Waals surface area contributed by atoms with Crippen molar-refractivity contribution < 1.29 is 19.4 Å². The van der Waals surface area contributed by atoms with Crippen molar-refractivity contribution in [1.29, 1.82) is 0 Å². The second-order valence-corrected chi connectivity index (χ2v) is 6.05. The van der Waals surface area contributed by atoms with Gasteiger partial charge in [-0.1, -0.05) is 30.3 Å². The third-order valence-corrected chi connectivity index (χ3v) is 3.78. The van der Waals surface area contributed by atoms with Crippen molar-refractivity contribution in [2.75, 3.05) is 20.6 Å². The summed E-state index contributed by atoms with van der Waals surface area (Å²) < 4.78 is 5.51. The Kier molecular flexibility index (Phi) is 6.32. The van der Waals surface area contributed by atoms with Crippen molar-refractivity contribution in [3.05, 3.63) is 42.0 Å². The summed E-state index contributed by atoms with van der Waals surface area (Å²) in [6.45, 7) is 0.903. The van der Waals surface area contributed by atoms with Crippen LogP contribution in [0.4, 0.5) is 0 Å². The number of carboxylic acids is 1. The van der Waals surface area contributed by atoms with Gasteiger partial charge >= 0.3 is 11.9 Å². The van der Waals surface area contributed by atoms with E-state index in [-0.39, 0.29) is 19.3 Å². The topological polar surface area (TPSA) is 66.8 Å². The Hall–Kier alpha value is -2.40. The number of nitrogens with zero attached hydrogens (tertiary/aromatic N) is 1. The molecule has 0 aromatic heterocycles. The van der Waals surface area contributed by atoms with E-state index in [1.165, 1.54) is 0 Å². The van der Waals surface area contributed by atoms with E-state index in [0.29, 0.717) is 5.75 Å². The molecule has 2 aromatic rings. The zero-order chi connectivity index (χ0) is 17.5. The number of aliphatic carboxylic acids is 1. The molecule has 0 saturated heterocycles. The zero-order valence-corrected chi connectivity index (χ0v) is 14.1. The highest BCUT2D eigenvalue weighted by Crippen LogP contribution is 2.30. The van der Waals surface area contributed by atoms with Crippen LogP contribution in [0.1, 0.15) is 24.8 Å². The Morgan fingerprint density at radius 2 is 1.79 bits per heavy atom. The van der Waals surface area contributed by atoms with E-state index in [4.69, 9.17) is 9.84 Å². The second kappa shape index (κ2) is 8.45. The smallest absolute Gasteiger partial charge is 0.311 e. The molecule has 128 valence electrons. The van der Waals surface area contributed by atoms with Crippen molar-refractivity contribution in [3.8, 4) is 5.75 Å². The average Bonchev–Trinajstić information content (AvgIpc) is 2.52. The highest BCUT2D eigenvalue weighted by atomic mass is 16.5. The number of fused-ring (bicyclic) bond motifs is 1. The van der Waals surface area contributed by atoms with Crippen LogP contribution in [0.25, 0.3) is 10.8 Å². The summed E-state index contributed by atoms with van der Waals surface area (Å²) in [6.07, 6.45) is 1.21. The predicted molar refractivity (Wildman–Crippen MR) is 93.3 cm³/mol. The van der Waals surface area contributed by atoms with E-state index >= 15 is 0 Å². The number of rotatable bonds is 8. The number of carbonyl (C=O) groups excluding carboxylic acids is 1. The Morgan fingerprint density at radius 3 is 2.46 bits per heavy atom. The Morgan fingerprint density at radius 1 is 1.08 bits per heavy atom. The first kappa shape index (κ1) is 17.9. The van der Waals surface area contributed by atoms with E-state index < -0.39 is 11.9 Å². The lowest BCUT2D eigenvalue weighted by Crippen LogP contribution is -2.15. The summed E-state index contributed by atoms with van der Waals surface area (Å²) in [5, 5.41) is 10.6. The number of likely N-dealkylation sites (N-methyl/N-ethyl adjacent to an activating group) is 1. The zero-order valence-electron chi connectivity index (χ0n) is 14.1. The van der Waals surface area contributed by atoms with Gasteiger partial charge in [-0.15, -0.1) is 0 Å². The fourth-order valence-electron chi connectivity index (χ4n) is 2.58. The molecule has 0 bridgehead atoms. The van der Waals surface area contributed by atoms with Crippen molar-refractivity contribution in [1.82, 2.24) is 4.90 Å². The maximum atomic E-state index is 12.0. The minimum atomic E-state index is -0.904. The first-order valence-electron chi connectivity index (χ1n) is 8.05. The molecular weight excluding hydrogens is 306 g/mol. The second-order valence-electron chi connectivity index (χ2n) is 6.05. The fourth-order valence-corrected chi connectivity index (χ4v) is 2.58. The third-order valence-electron chi connectivity index (χ3n) is 3.78. The molecule has 1 N–H and O–H groups in total. The maximum Gasteiger partial charge on any atom is 0.311 e. The average molecular weight is 329 g/mol. The molecule has 2 aromatic carbocycles. The van der Waals surface area contributed by atoms with E-state index in [2.05, 4.69) is 4.90 Å². The van der Waals surface area contributed by atoms with Gasteiger partial charge in [0.25, 0.3) is 0 Å². The molecule has 0 atom stereocenters. The van der Waals surface area contributed by atoms with Gasteiger partial charge in [-0.05, 0) is 44.0 Å².